The fourth-order valence-corrected chi connectivity index (χ4v) is 5.12. The van der Waals surface area contributed by atoms with E-state index >= 15 is 0 Å². The number of aromatic amines is 1. The Bertz CT molecular complexity index is 1750. The van der Waals surface area contributed by atoms with Crippen LogP contribution in [0.15, 0.2) is 72.0 Å². The van der Waals surface area contributed by atoms with Gasteiger partial charge in [0.1, 0.15) is 5.82 Å². The Hall–Kier alpha value is -4.11. The zero-order chi connectivity index (χ0) is 25.4. The van der Waals surface area contributed by atoms with Crippen LogP contribution in [0.4, 0.5) is 4.39 Å². The number of halogens is 1. The van der Waals surface area contributed by atoms with Crippen LogP contribution in [0.5, 0.6) is 0 Å². The first-order valence-corrected chi connectivity index (χ1v) is 13.1. The van der Waals surface area contributed by atoms with Crippen molar-refractivity contribution in [3.8, 4) is 0 Å². The van der Waals surface area contributed by atoms with Gasteiger partial charge in [-0.05, 0) is 72.0 Å². The molecule has 0 aliphatic rings. The van der Waals surface area contributed by atoms with Gasteiger partial charge >= 0.3 is 0 Å². The number of carbonyl (C=O) groups excluding carboxylic acids is 1. The summed E-state index contributed by atoms with van der Waals surface area (Å²) in [6, 6.07) is 13.6. The summed E-state index contributed by atoms with van der Waals surface area (Å²) in [6.07, 6.45) is 6.39. The summed E-state index contributed by atoms with van der Waals surface area (Å²) in [5.74, 6) is -0.759. The van der Waals surface area contributed by atoms with Crippen LogP contribution in [0.3, 0.4) is 0 Å². The smallest absolute Gasteiger partial charge is 0.251 e. The molecule has 3 heterocycles. The van der Waals surface area contributed by atoms with Gasteiger partial charge in [0.15, 0.2) is 9.84 Å². The Kier molecular flexibility index (Phi) is 6.01. The first-order valence-electron chi connectivity index (χ1n) is 11.3. The van der Waals surface area contributed by atoms with Gasteiger partial charge in [-0.25, -0.2) is 12.8 Å². The minimum absolute atomic E-state index is 0.0399. The summed E-state index contributed by atoms with van der Waals surface area (Å²) in [7, 11) is -3.51. The van der Waals surface area contributed by atoms with Crippen LogP contribution >= 0.6 is 0 Å². The molecule has 0 fully saturated rings. The van der Waals surface area contributed by atoms with Crippen molar-refractivity contribution in [1.29, 1.82) is 0 Å². The highest BCUT2D eigenvalue weighted by atomic mass is 32.2. The van der Waals surface area contributed by atoms with Crippen molar-refractivity contribution in [2.24, 2.45) is 0 Å². The van der Waals surface area contributed by atoms with Crippen molar-refractivity contribution in [1.82, 2.24) is 20.3 Å². The van der Waals surface area contributed by atoms with E-state index in [-0.39, 0.29) is 17.3 Å². The fraction of sp³-hybridized carbons (Fsp3) is 0.148. The molecule has 2 aromatic carbocycles. The van der Waals surface area contributed by atoms with E-state index in [0.717, 1.165) is 28.2 Å². The predicted molar refractivity (Wildman–Crippen MR) is 136 cm³/mol. The quantitative estimate of drug-likeness (QED) is 0.356. The van der Waals surface area contributed by atoms with E-state index in [1.165, 1.54) is 12.3 Å². The fourth-order valence-electron chi connectivity index (χ4n) is 4.23. The average Bonchev–Trinajstić information content (AvgIpc) is 3.28. The number of aryl methyl sites for hydroxylation is 1. The molecule has 36 heavy (non-hydrogen) atoms. The van der Waals surface area contributed by atoms with E-state index in [4.69, 9.17) is 0 Å². The number of rotatable bonds is 6. The van der Waals surface area contributed by atoms with Gasteiger partial charge in [0.2, 0.25) is 0 Å². The lowest BCUT2D eigenvalue weighted by molar-refractivity contribution is 0.0950. The number of benzene rings is 2. The van der Waals surface area contributed by atoms with Gasteiger partial charge in [-0.15, -0.1) is 0 Å². The van der Waals surface area contributed by atoms with Crippen LogP contribution in [-0.4, -0.2) is 35.5 Å². The topological polar surface area (TPSA) is 105 Å². The molecule has 0 spiro atoms. The Labute approximate surface area is 207 Å². The highest BCUT2D eigenvalue weighted by Gasteiger charge is 2.16. The summed E-state index contributed by atoms with van der Waals surface area (Å²) >= 11 is 0. The third-order valence-electron chi connectivity index (χ3n) is 5.97. The van der Waals surface area contributed by atoms with Gasteiger partial charge in [-0.1, -0.05) is 0 Å². The maximum Gasteiger partial charge on any atom is 0.251 e. The number of nitrogens with one attached hydrogen (secondary N) is 2. The lowest BCUT2D eigenvalue weighted by atomic mass is 10.0. The number of sulfone groups is 1. The molecule has 182 valence electrons. The minimum Gasteiger partial charge on any atom is -0.361 e. The first-order chi connectivity index (χ1) is 17.2. The second-order valence-corrected chi connectivity index (χ2v) is 10.8. The molecular formula is C27H23FN4O3S. The number of H-pyrrole nitrogens is 1. The summed E-state index contributed by atoms with van der Waals surface area (Å²) in [5.41, 5.74) is 4.15. The molecule has 0 saturated carbocycles. The molecule has 3 aromatic heterocycles. The third-order valence-corrected chi connectivity index (χ3v) is 7.08. The number of fused-ring (bicyclic) bond motifs is 2. The third kappa shape index (κ3) is 4.83. The van der Waals surface area contributed by atoms with Crippen molar-refractivity contribution in [3.63, 3.8) is 0 Å². The van der Waals surface area contributed by atoms with Crippen molar-refractivity contribution in [2.45, 2.75) is 24.8 Å². The van der Waals surface area contributed by atoms with Crippen LogP contribution in [0.1, 0.15) is 32.7 Å². The molecule has 0 bridgehead atoms. The van der Waals surface area contributed by atoms with Crippen molar-refractivity contribution in [2.75, 3.05) is 6.26 Å². The van der Waals surface area contributed by atoms with Crippen molar-refractivity contribution < 1.29 is 17.6 Å². The number of hydrogen-bond donors (Lipinski definition) is 2. The van der Waals surface area contributed by atoms with E-state index in [9.17, 15) is 17.6 Å². The first kappa shape index (κ1) is 23.6. The number of pyridine rings is 2. The molecule has 0 saturated heterocycles. The van der Waals surface area contributed by atoms with Gasteiger partial charge < -0.3 is 10.3 Å². The minimum atomic E-state index is -3.51. The lowest BCUT2D eigenvalue weighted by Gasteiger charge is -2.10. The largest absolute Gasteiger partial charge is 0.361 e. The molecule has 1 amide bonds. The summed E-state index contributed by atoms with van der Waals surface area (Å²) in [5, 5.41) is 4.35. The van der Waals surface area contributed by atoms with Crippen LogP contribution in [0.25, 0.3) is 21.8 Å². The molecule has 0 unspecified atom stereocenters. The molecule has 0 aliphatic carbocycles. The van der Waals surface area contributed by atoms with Crippen LogP contribution < -0.4 is 5.32 Å². The number of nitrogens with zero attached hydrogens (tertiary/aromatic N) is 2. The van der Waals surface area contributed by atoms with Crippen molar-refractivity contribution >= 4 is 37.6 Å². The molecule has 7 nitrogen and oxygen atoms in total. The summed E-state index contributed by atoms with van der Waals surface area (Å²) in [4.78, 5) is 24.6. The van der Waals surface area contributed by atoms with Crippen LogP contribution in [-0.2, 0) is 22.8 Å². The number of aromatic nitrogens is 3. The summed E-state index contributed by atoms with van der Waals surface area (Å²) in [6.45, 7) is 1.93. The molecule has 0 aliphatic heterocycles. The highest BCUT2D eigenvalue weighted by Crippen LogP contribution is 2.25. The van der Waals surface area contributed by atoms with E-state index in [1.807, 2.05) is 25.1 Å². The second kappa shape index (κ2) is 9.16. The zero-order valence-electron chi connectivity index (χ0n) is 19.7. The molecule has 2 N–H and O–H groups in total. The zero-order valence-corrected chi connectivity index (χ0v) is 20.5. The molecule has 5 aromatic rings. The standard InChI is InChI=1S/C27H23FN4O3S/c1-16-7-20-8-17(10-25(36(2,34)35)26(20)31-14-16)9-22-12-19(4-5-29-22)27(33)32-15-21-11-18-3-6-30-24(18)13-23(21)28/h3-8,10-14,30H,9,15H2,1-2H3,(H,32,33). The van der Waals surface area contributed by atoms with Crippen LogP contribution in [0.2, 0.25) is 0 Å². The monoisotopic (exact) mass is 502 g/mol. The molecular weight excluding hydrogens is 479 g/mol. The van der Waals surface area contributed by atoms with Gasteiger partial charge in [-0.2, -0.15) is 0 Å². The van der Waals surface area contributed by atoms with Gasteiger partial charge in [0, 0.05) is 65.5 Å². The van der Waals surface area contributed by atoms with Gasteiger partial charge in [0.05, 0.1) is 10.4 Å². The summed E-state index contributed by atoms with van der Waals surface area (Å²) < 4.78 is 39.2. The van der Waals surface area contributed by atoms with Crippen LogP contribution in [0, 0.1) is 12.7 Å². The Balaban J connectivity index is 1.38. The molecule has 5 rings (SSSR count). The number of carbonyl (C=O) groups is 1. The van der Waals surface area contributed by atoms with Gasteiger partial charge in [-0.3, -0.25) is 14.8 Å². The number of hydrogen-bond acceptors (Lipinski definition) is 5. The molecule has 0 radical (unpaired) electrons. The van der Waals surface area contributed by atoms with Gasteiger partial charge in [0.25, 0.3) is 5.91 Å². The SMILES string of the molecule is Cc1cnc2c(S(C)(=O)=O)cc(Cc3cc(C(=O)NCc4cc5cc[nH]c5cc4F)ccn3)cc2c1. The van der Waals surface area contributed by atoms with E-state index in [1.54, 1.807) is 36.7 Å². The predicted octanol–water partition coefficient (Wildman–Crippen LogP) is 4.48. The maximum atomic E-state index is 14.4. The normalized spacial score (nSPS) is 11.8. The molecule has 9 heteroatoms. The molecule has 0 atom stereocenters. The highest BCUT2D eigenvalue weighted by molar-refractivity contribution is 7.91. The number of amides is 1. The average molecular weight is 503 g/mol. The van der Waals surface area contributed by atoms with E-state index in [2.05, 4.69) is 20.3 Å². The maximum absolute atomic E-state index is 14.4. The van der Waals surface area contributed by atoms with E-state index in [0.29, 0.717) is 34.3 Å². The Morgan fingerprint density at radius 2 is 1.89 bits per heavy atom. The Morgan fingerprint density at radius 1 is 1.06 bits per heavy atom. The van der Waals surface area contributed by atoms with E-state index < -0.39 is 15.7 Å². The van der Waals surface area contributed by atoms with Crippen molar-refractivity contribution in [3.05, 3.63) is 101 Å². The lowest BCUT2D eigenvalue weighted by Crippen LogP contribution is -2.23. The second-order valence-electron chi connectivity index (χ2n) is 8.85. The Morgan fingerprint density at radius 3 is 2.69 bits per heavy atom.